The molecule has 8 N–H and O–H groups in total. The maximum atomic E-state index is 8.77. The first-order valence-electron chi connectivity index (χ1n) is 3.06. The maximum Gasteiger partial charge on any atom is 2.00 e. The van der Waals surface area contributed by atoms with E-state index in [2.05, 4.69) is 0 Å². The smallest absolute Gasteiger partial charge is 0.756 e. The summed E-state index contributed by atoms with van der Waals surface area (Å²) in [7, 11) is -19.6. The zero-order valence-electron chi connectivity index (χ0n) is 9.39. The molecule has 0 heterocycles. The van der Waals surface area contributed by atoms with Crippen LogP contribution >= 0.6 is 31.3 Å². The Kier molecular flexibility index (Phi) is 28.2. The van der Waals surface area contributed by atoms with Gasteiger partial charge in [-0.2, -0.15) is 0 Å². The summed E-state index contributed by atoms with van der Waals surface area (Å²) >= 11 is 0. The van der Waals surface area contributed by atoms with E-state index in [0.717, 1.165) is 0 Å². The number of phosphoric acid groups is 4. The predicted octanol–water partition coefficient (Wildman–Crippen LogP) is -6.25. The van der Waals surface area contributed by atoms with Crippen LogP contribution in [0.15, 0.2) is 0 Å². The van der Waals surface area contributed by atoms with E-state index in [4.69, 9.17) is 77.0 Å². The van der Waals surface area contributed by atoms with Crippen LogP contribution in [0.1, 0.15) is 0 Å². The fraction of sp³-hybridized carbons (Fsp3) is 0. The molecule has 0 bridgehead atoms. The molecule has 0 rings (SSSR count). The SMILES string of the molecule is O=P([O-])(O)O.O=P([O-])(O)O.O=P([O-])(O)O.O=P([O-])(O)O.[Mn+2].[Mn+2]. The number of hydrogen-bond acceptors (Lipinski definition) is 8. The van der Waals surface area contributed by atoms with Crippen LogP contribution in [-0.4, -0.2) is 39.1 Å². The van der Waals surface area contributed by atoms with Crippen LogP contribution < -0.4 is 19.6 Å². The van der Waals surface area contributed by atoms with Crippen molar-refractivity contribution >= 4 is 31.3 Å². The Labute approximate surface area is 142 Å². The molecular formula is H8Mn2O16P4. The maximum absolute atomic E-state index is 8.77. The first kappa shape index (κ1) is 38.8. The van der Waals surface area contributed by atoms with Gasteiger partial charge in [0.15, 0.2) is 0 Å². The summed E-state index contributed by atoms with van der Waals surface area (Å²) in [6.07, 6.45) is 0. The molecule has 0 amide bonds. The molecule has 16 nitrogen and oxygen atoms in total. The molecule has 0 unspecified atom stereocenters. The van der Waals surface area contributed by atoms with Crippen molar-refractivity contribution < 1.29 is 111 Å². The molecule has 0 saturated heterocycles. The van der Waals surface area contributed by atoms with Gasteiger partial charge in [-0.05, 0) is 0 Å². The summed E-state index contributed by atoms with van der Waals surface area (Å²) in [6.45, 7) is 0. The molecule has 138 valence electrons. The predicted molar refractivity (Wildman–Crippen MR) is 48.2 cm³/mol. The van der Waals surface area contributed by atoms with E-state index >= 15 is 0 Å². The number of rotatable bonds is 0. The van der Waals surface area contributed by atoms with Crippen molar-refractivity contribution in [2.24, 2.45) is 0 Å². The second-order valence-corrected chi connectivity index (χ2v) is 5.89. The quantitative estimate of drug-likeness (QED) is 0.114. The third-order valence-electron chi connectivity index (χ3n) is 0. The summed E-state index contributed by atoms with van der Waals surface area (Å²) < 4.78 is 35.1. The van der Waals surface area contributed by atoms with Gasteiger partial charge in [0.05, 0.1) is 0 Å². The summed E-state index contributed by atoms with van der Waals surface area (Å²) in [5.41, 5.74) is 0. The Morgan fingerprint density at radius 1 is 0.409 bits per heavy atom. The van der Waals surface area contributed by atoms with Crippen molar-refractivity contribution in [1.82, 2.24) is 0 Å². The Balaban J connectivity index is -0.0000000376. The van der Waals surface area contributed by atoms with Gasteiger partial charge >= 0.3 is 34.1 Å². The Hall–Kier alpha value is 1.48. The van der Waals surface area contributed by atoms with Crippen molar-refractivity contribution in [1.29, 1.82) is 0 Å². The Bertz CT molecular complexity index is 289. The minimum Gasteiger partial charge on any atom is -0.756 e. The van der Waals surface area contributed by atoms with E-state index in [-0.39, 0.29) is 34.1 Å². The molecule has 0 aromatic heterocycles. The third-order valence-corrected chi connectivity index (χ3v) is 0. The molecule has 0 saturated carbocycles. The second-order valence-electron chi connectivity index (χ2n) is 1.96. The van der Waals surface area contributed by atoms with Crippen LogP contribution in [0.3, 0.4) is 0 Å². The topological polar surface area (TPSA) is 322 Å². The molecule has 0 atom stereocenters. The van der Waals surface area contributed by atoms with Crippen molar-refractivity contribution in [3.05, 3.63) is 0 Å². The van der Waals surface area contributed by atoms with Gasteiger partial charge in [-0.1, -0.05) is 0 Å². The normalized spacial score (nSPS) is 10.7. The van der Waals surface area contributed by atoms with E-state index in [9.17, 15) is 0 Å². The van der Waals surface area contributed by atoms with E-state index < -0.39 is 31.3 Å². The van der Waals surface area contributed by atoms with E-state index in [1.807, 2.05) is 0 Å². The molecule has 0 fully saturated rings. The molecule has 2 radical (unpaired) electrons. The van der Waals surface area contributed by atoms with Gasteiger partial charge in [0.25, 0.3) is 31.3 Å². The van der Waals surface area contributed by atoms with Crippen molar-refractivity contribution in [2.45, 2.75) is 0 Å². The summed E-state index contributed by atoms with van der Waals surface area (Å²) in [5, 5.41) is 0. The molecule has 0 aliphatic carbocycles. The van der Waals surface area contributed by atoms with Crippen LogP contribution in [0.4, 0.5) is 0 Å². The van der Waals surface area contributed by atoms with Crippen LogP contribution in [0.25, 0.3) is 0 Å². The summed E-state index contributed by atoms with van der Waals surface area (Å²) in [5.74, 6) is 0. The first-order chi connectivity index (χ1) is 8.00. The zero-order chi connectivity index (χ0) is 18.0. The summed E-state index contributed by atoms with van der Waals surface area (Å²) in [6, 6.07) is 0. The molecule has 22 heteroatoms. The second kappa shape index (κ2) is 16.0. The fourth-order valence-electron chi connectivity index (χ4n) is 0. The fourth-order valence-corrected chi connectivity index (χ4v) is 0. The number of hydrogen-bond donors (Lipinski definition) is 8. The van der Waals surface area contributed by atoms with Gasteiger partial charge < -0.3 is 58.7 Å². The summed E-state index contributed by atoms with van der Waals surface area (Å²) in [4.78, 5) is 91.7. The van der Waals surface area contributed by atoms with Gasteiger partial charge in [-0.25, -0.2) is 0 Å². The third kappa shape index (κ3) is 4120. The minimum atomic E-state index is -4.89. The van der Waals surface area contributed by atoms with Crippen molar-refractivity contribution in [2.75, 3.05) is 0 Å². The Morgan fingerprint density at radius 2 is 0.409 bits per heavy atom. The first-order valence-corrected chi connectivity index (χ1v) is 9.18. The van der Waals surface area contributed by atoms with E-state index in [1.54, 1.807) is 0 Å². The van der Waals surface area contributed by atoms with Gasteiger partial charge in [-0.3, -0.25) is 18.3 Å². The van der Waals surface area contributed by atoms with E-state index in [1.165, 1.54) is 0 Å². The largest absolute Gasteiger partial charge is 2.00 e. The van der Waals surface area contributed by atoms with Gasteiger partial charge in [0, 0.05) is 0 Å². The molecule has 22 heavy (non-hydrogen) atoms. The standard InChI is InChI=1S/2Mn.4H3O4P/c;;4*1-5(2,3)4/h;;4*(H3,1,2,3,4)/q2*+2;;;;/p-4. The molecule has 0 aromatic rings. The van der Waals surface area contributed by atoms with Crippen LogP contribution in [0.5, 0.6) is 0 Å². The van der Waals surface area contributed by atoms with E-state index in [0.29, 0.717) is 0 Å². The zero-order valence-corrected chi connectivity index (χ0v) is 15.3. The molecule has 0 spiro atoms. The van der Waals surface area contributed by atoms with Gasteiger partial charge in [-0.15, -0.1) is 0 Å². The monoisotopic (exact) mass is 498 g/mol. The van der Waals surface area contributed by atoms with Crippen LogP contribution in [0, 0.1) is 0 Å². The van der Waals surface area contributed by atoms with Crippen LogP contribution in [0.2, 0.25) is 0 Å². The van der Waals surface area contributed by atoms with Crippen LogP contribution in [-0.2, 0) is 52.4 Å². The average molecular weight is 498 g/mol. The average Bonchev–Trinajstić information content (AvgIpc) is 1.62. The van der Waals surface area contributed by atoms with Gasteiger partial charge in [0.1, 0.15) is 0 Å². The molecule has 0 aliphatic heterocycles. The molecular weight excluding hydrogens is 490 g/mol. The van der Waals surface area contributed by atoms with Gasteiger partial charge in [0.2, 0.25) is 0 Å². The Morgan fingerprint density at radius 3 is 0.409 bits per heavy atom. The molecule has 0 aliphatic rings. The van der Waals surface area contributed by atoms with Crippen molar-refractivity contribution in [3.63, 3.8) is 0 Å². The molecule has 0 aromatic carbocycles. The van der Waals surface area contributed by atoms with Crippen molar-refractivity contribution in [3.8, 4) is 0 Å². The minimum absolute atomic E-state index is 0.